The lowest BCUT2D eigenvalue weighted by atomic mass is 10.3. The van der Waals surface area contributed by atoms with Crippen LogP contribution in [0, 0.1) is 6.92 Å². The van der Waals surface area contributed by atoms with Gasteiger partial charge in [-0.15, -0.1) is 10.2 Å². The Morgan fingerprint density at radius 1 is 1.42 bits per heavy atom. The van der Waals surface area contributed by atoms with Gasteiger partial charge >= 0.3 is 0 Å². The van der Waals surface area contributed by atoms with Gasteiger partial charge in [-0.05, 0) is 6.07 Å². The van der Waals surface area contributed by atoms with E-state index < -0.39 is 0 Å². The molecule has 0 saturated carbocycles. The van der Waals surface area contributed by atoms with Crippen LogP contribution in [0.5, 0.6) is 0 Å². The number of aryl methyl sites for hydroxylation is 1. The predicted octanol–water partition coefficient (Wildman–Crippen LogP) is 1.45. The van der Waals surface area contributed by atoms with Crippen LogP contribution in [0.4, 0.5) is 0 Å². The van der Waals surface area contributed by atoms with E-state index in [0.717, 1.165) is 0 Å². The van der Waals surface area contributed by atoms with Crippen LogP contribution in [0.2, 0.25) is 10.3 Å². The summed E-state index contributed by atoms with van der Waals surface area (Å²) in [6.45, 7) is 2.04. The van der Waals surface area contributed by atoms with Gasteiger partial charge in [0.05, 0.1) is 5.56 Å². The molecule has 0 aromatic carbocycles. The van der Waals surface area contributed by atoms with E-state index in [0.29, 0.717) is 24.7 Å². The van der Waals surface area contributed by atoms with E-state index in [9.17, 15) is 4.79 Å². The van der Waals surface area contributed by atoms with Gasteiger partial charge in [0.2, 0.25) is 5.89 Å². The second-order valence-electron chi connectivity index (χ2n) is 3.61. The molecule has 100 valence electrons. The van der Waals surface area contributed by atoms with Crippen LogP contribution in [0.25, 0.3) is 0 Å². The van der Waals surface area contributed by atoms with Gasteiger partial charge in [-0.2, -0.15) is 4.98 Å². The van der Waals surface area contributed by atoms with Crippen molar-refractivity contribution in [3.8, 4) is 0 Å². The maximum Gasteiger partial charge on any atom is 0.254 e. The first kappa shape index (κ1) is 13.7. The van der Waals surface area contributed by atoms with E-state index in [2.05, 4.69) is 25.7 Å². The van der Waals surface area contributed by atoms with Gasteiger partial charge in [-0.3, -0.25) is 4.79 Å². The van der Waals surface area contributed by atoms with Gasteiger partial charge in [0.25, 0.3) is 5.91 Å². The fourth-order valence-corrected chi connectivity index (χ4v) is 1.66. The highest BCUT2D eigenvalue weighted by Crippen LogP contribution is 2.14. The van der Waals surface area contributed by atoms with Gasteiger partial charge in [-0.25, -0.2) is 0 Å². The van der Waals surface area contributed by atoms with Crippen molar-refractivity contribution in [3.63, 3.8) is 0 Å². The lowest BCUT2D eigenvalue weighted by Gasteiger charge is -2.04. The Balaban J connectivity index is 1.92. The minimum atomic E-state index is -0.387. The van der Waals surface area contributed by atoms with Crippen molar-refractivity contribution < 1.29 is 9.32 Å². The zero-order valence-electron chi connectivity index (χ0n) is 9.85. The average Bonchev–Trinajstić information content (AvgIpc) is 2.78. The molecule has 0 unspecified atom stereocenters. The molecule has 0 atom stereocenters. The molecular formula is C10H9Cl2N5O2. The van der Waals surface area contributed by atoms with Crippen LogP contribution in [-0.4, -0.2) is 32.8 Å². The number of carbonyl (C=O) groups is 1. The third-order valence-corrected chi connectivity index (χ3v) is 2.63. The van der Waals surface area contributed by atoms with Crippen molar-refractivity contribution in [1.29, 1.82) is 0 Å². The summed E-state index contributed by atoms with van der Waals surface area (Å²) in [6, 6.07) is 1.35. The molecule has 9 heteroatoms. The normalized spacial score (nSPS) is 10.5. The van der Waals surface area contributed by atoms with E-state index in [-0.39, 0.29) is 21.8 Å². The molecule has 7 nitrogen and oxygen atoms in total. The van der Waals surface area contributed by atoms with Crippen molar-refractivity contribution in [2.24, 2.45) is 0 Å². The lowest BCUT2D eigenvalue weighted by Crippen LogP contribution is -2.26. The molecule has 0 aliphatic rings. The van der Waals surface area contributed by atoms with Crippen LogP contribution in [0.1, 0.15) is 22.1 Å². The van der Waals surface area contributed by atoms with E-state index in [1.807, 2.05) is 0 Å². The largest absolute Gasteiger partial charge is 0.351 e. The van der Waals surface area contributed by atoms with Crippen molar-refractivity contribution in [2.45, 2.75) is 13.3 Å². The topological polar surface area (TPSA) is 93.8 Å². The van der Waals surface area contributed by atoms with Crippen molar-refractivity contribution in [1.82, 2.24) is 25.7 Å². The number of nitrogens with zero attached hydrogens (tertiary/aromatic N) is 4. The maximum atomic E-state index is 11.8. The monoisotopic (exact) mass is 301 g/mol. The summed E-state index contributed by atoms with van der Waals surface area (Å²) in [5.74, 6) is 0.617. The van der Waals surface area contributed by atoms with Crippen LogP contribution in [-0.2, 0) is 6.42 Å². The van der Waals surface area contributed by atoms with Crippen LogP contribution in [0.3, 0.4) is 0 Å². The van der Waals surface area contributed by atoms with Crippen molar-refractivity contribution in [3.05, 3.63) is 33.7 Å². The minimum absolute atomic E-state index is 0.00249. The molecular weight excluding hydrogens is 293 g/mol. The number of hydrogen-bond acceptors (Lipinski definition) is 6. The van der Waals surface area contributed by atoms with E-state index in [1.165, 1.54) is 6.07 Å². The molecule has 1 N–H and O–H groups in total. The number of rotatable bonds is 4. The average molecular weight is 302 g/mol. The summed E-state index contributed by atoms with van der Waals surface area (Å²) < 4.78 is 4.81. The summed E-state index contributed by atoms with van der Waals surface area (Å²) >= 11 is 11.4. The van der Waals surface area contributed by atoms with E-state index in [1.54, 1.807) is 6.92 Å². The van der Waals surface area contributed by atoms with Crippen LogP contribution >= 0.6 is 23.2 Å². The Morgan fingerprint density at radius 3 is 2.89 bits per heavy atom. The van der Waals surface area contributed by atoms with Crippen LogP contribution < -0.4 is 5.32 Å². The maximum absolute atomic E-state index is 11.8. The van der Waals surface area contributed by atoms with Gasteiger partial charge < -0.3 is 9.84 Å². The molecule has 0 aliphatic carbocycles. The second kappa shape index (κ2) is 5.94. The zero-order valence-corrected chi connectivity index (χ0v) is 11.4. The molecule has 2 heterocycles. The SMILES string of the molecule is Cc1nc(CCNC(=O)c2cc(Cl)nnc2Cl)no1. The summed E-state index contributed by atoms with van der Waals surface area (Å²) in [4.78, 5) is 15.8. The van der Waals surface area contributed by atoms with Crippen molar-refractivity contribution >= 4 is 29.1 Å². The third kappa shape index (κ3) is 3.62. The highest BCUT2D eigenvalue weighted by atomic mass is 35.5. The first-order chi connectivity index (χ1) is 9.06. The fourth-order valence-electron chi connectivity index (χ4n) is 1.34. The summed E-state index contributed by atoms with van der Waals surface area (Å²) in [6.07, 6.45) is 0.451. The van der Waals surface area contributed by atoms with Gasteiger partial charge in [0.1, 0.15) is 0 Å². The first-order valence-electron chi connectivity index (χ1n) is 5.32. The summed E-state index contributed by atoms with van der Waals surface area (Å²) in [5, 5.41) is 13.5. The molecule has 2 rings (SSSR count). The number of halogens is 2. The third-order valence-electron chi connectivity index (χ3n) is 2.17. The number of carbonyl (C=O) groups excluding carboxylic acids is 1. The molecule has 0 aliphatic heterocycles. The Morgan fingerprint density at radius 2 is 2.21 bits per heavy atom. The molecule has 1 amide bonds. The Labute approximate surface area is 118 Å². The highest BCUT2D eigenvalue weighted by Gasteiger charge is 2.13. The predicted molar refractivity (Wildman–Crippen MR) is 67.1 cm³/mol. The molecule has 0 fully saturated rings. The Hall–Kier alpha value is -1.73. The van der Waals surface area contributed by atoms with Gasteiger partial charge in [0.15, 0.2) is 16.1 Å². The first-order valence-corrected chi connectivity index (χ1v) is 6.08. The summed E-state index contributed by atoms with van der Waals surface area (Å²) in [7, 11) is 0. The second-order valence-corrected chi connectivity index (χ2v) is 4.35. The number of amides is 1. The number of hydrogen-bond donors (Lipinski definition) is 1. The molecule has 0 saturated heterocycles. The molecule has 0 bridgehead atoms. The van der Waals surface area contributed by atoms with Crippen molar-refractivity contribution in [2.75, 3.05) is 6.54 Å². The fraction of sp³-hybridized carbons (Fsp3) is 0.300. The molecule has 19 heavy (non-hydrogen) atoms. The molecule has 0 radical (unpaired) electrons. The lowest BCUT2D eigenvalue weighted by molar-refractivity contribution is 0.0953. The molecule has 0 spiro atoms. The van der Waals surface area contributed by atoms with E-state index in [4.69, 9.17) is 27.7 Å². The molecule has 2 aromatic heterocycles. The number of nitrogens with one attached hydrogen (secondary N) is 1. The quantitative estimate of drug-likeness (QED) is 0.918. The highest BCUT2D eigenvalue weighted by molar-refractivity contribution is 6.34. The summed E-state index contributed by atoms with van der Waals surface area (Å²) in [5.41, 5.74) is 0.172. The van der Waals surface area contributed by atoms with Gasteiger partial charge in [0, 0.05) is 19.9 Å². The number of aromatic nitrogens is 4. The standard InChI is InChI=1S/C10H9Cl2N5O2/c1-5-14-8(17-19-5)2-3-13-10(18)6-4-7(11)15-16-9(6)12/h4H,2-3H2,1H3,(H,13,18). The minimum Gasteiger partial charge on any atom is -0.351 e. The Bertz CT molecular complexity index is 601. The van der Waals surface area contributed by atoms with E-state index >= 15 is 0 Å². The van der Waals surface area contributed by atoms with Gasteiger partial charge in [-0.1, -0.05) is 28.4 Å². The Kier molecular flexibility index (Phi) is 4.28. The molecule has 2 aromatic rings. The zero-order chi connectivity index (χ0) is 13.8. The van der Waals surface area contributed by atoms with Crippen LogP contribution in [0.15, 0.2) is 10.6 Å². The smallest absolute Gasteiger partial charge is 0.254 e.